The molecule has 0 spiro atoms. The number of carbonyl (C=O) groups is 5. The standard InChI is InChI=1S/C13H21N3O8/c14-5-1-2-9(17)16-8(13(23)24)6-10(18)15-7(12(21)22)3-4-11(19)20/h7-8H,1-6,14H2,(H,15,18)(H,16,17)(H,19,20)(H,21,22)(H,23,24)/t7-,8-/m0/s1. The second kappa shape index (κ2) is 10.9. The Kier molecular flexibility index (Phi) is 9.71. The highest BCUT2D eigenvalue weighted by Gasteiger charge is 2.26. The van der Waals surface area contributed by atoms with Gasteiger partial charge in [-0.15, -0.1) is 0 Å². The lowest BCUT2D eigenvalue weighted by atomic mass is 10.1. The average Bonchev–Trinajstić information content (AvgIpc) is 2.47. The smallest absolute Gasteiger partial charge is 0.326 e. The number of carbonyl (C=O) groups excluding carboxylic acids is 2. The molecule has 0 radical (unpaired) electrons. The zero-order valence-corrected chi connectivity index (χ0v) is 12.9. The summed E-state index contributed by atoms with van der Waals surface area (Å²) in [5.41, 5.74) is 5.22. The summed E-state index contributed by atoms with van der Waals surface area (Å²) in [5.74, 6) is -5.65. The minimum Gasteiger partial charge on any atom is -0.481 e. The molecule has 2 atom stereocenters. The summed E-state index contributed by atoms with van der Waals surface area (Å²) in [6, 6.07) is -2.99. The summed E-state index contributed by atoms with van der Waals surface area (Å²) in [7, 11) is 0. The number of rotatable bonds is 12. The van der Waals surface area contributed by atoms with E-state index in [0.29, 0.717) is 6.42 Å². The fourth-order valence-corrected chi connectivity index (χ4v) is 1.69. The highest BCUT2D eigenvalue weighted by atomic mass is 16.4. The Hall–Kier alpha value is -2.69. The van der Waals surface area contributed by atoms with Crippen molar-refractivity contribution in [2.75, 3.05) is 6.54 Å². The van der Waals surface area contributed by atoms with Crippen molar-refractivity contribution >= 4 is 29.7 Å². The third kappa shape index (κ3) is 9.35. The van der Waals surface area contributed by atoms with Crippen LogP contribution in [0, 0.1) is 0 Å². The molecule has 11 nitrogen and oxygen atoms in total. The van der Waals surface area contributed by atoms with Gasteiger partial charge in [-0.05, 0) is 19.4 Å². The topological polar surface area (TPSA) is 196 Å². The van der Waals surface area contributed by atoms with Gasteiger partial charge in [0.15, 0.2) is 0 Å². The van der Waals surface area contributed by atoms with Crippen LogP contribution in [0.15, 0.2) is 0 Å². The Bertz CT molecular complexity index is 494. The molecule has 7 N–H and O–H groups in total. The van der Waals surface area contributed by atoms with E-state index in [2.05, 4.69) is 5.32 Å². The maximum atomic E-state index is 11.8. The molecule has 24 heavy (non-hydrogen) atoms. The van der Waals surface area contributed by atoms with Crippen LogP contribution in [0.2, 0.25) is 0 Å². The lowest BCUT2D eigenvalue weighted by Crippen LogP contribution is -2.47. The molecule has 0 aromatic rings. The SMILES string of the molecule is NCCCC(=O)N[C@@H](CC(=O)N[C@@H](CCC(=O)O)C(=O)O)C(=O)O. The molecule has 2 amide bonds. The van der Waals surface area contributed by atoms with Gasteiger partial charge in [0.1, 0.15) is 12.1 Å². The van der Waals surface area contributed by atoms with E-state index < -0.39 is 54.6 Å². The Morgan fingerprint density at radius 1 is 0.833 bits per heavy atom. The van der Waals surface area contributed by atoms with E-state index in [1.165, 1.54) is 0 Å². The van der Waals surface area contributed by atoms with Crippen molar-refractivity contribution in [3.63, 3.8) is 0 Å². The molecular weight excluding hydrogens is 326 g/mol. The third-order valence-electron chi connectivity index (χ3n) is 2.91. The molecule has 0 bridgehead atoms. The molecule has 0 heterocycles. The fourth-order valence-electron chi connectivity index (χ4n) is 1.69. The first-order valence-electron chi connectivity index (χ1n) is 7.13. The molecule has 136 valence electrons. The molecule has 0 rings (SSSR count). The highest BCUT2D eigenvalue weighted by molar-refractivity contribution is 5.90. The minimum absolute atomic E-state index is 0.00172. The molecule has 0 fully saturated rings. The van der Waals surface area contributed by atoms with Crippen molar-refractivity contribution in [2.45, 2.75) is 44.2 Å². The van der Waals surface area contributed by atoms with E-state index in [-0.39, 0.29) is 19.4 Å². The van der Waals surface area contributed by atoms with Crippen LogP contribution in [0.5, 0.6) is 0 Å². The number of nitrogens with one attached hydrogen (secondary N) is 2. The van der Waals surface area contributed by atoms with Gasteiger partial charge in [0.05, 0.1) is 6.42 Å². The Morgan fingerprint density at radius 2 is 1.38 bits per heavy atom. The van der Waals surface area contributed by atoms with Crippen molar-refractivity contribution in [3.05, 3.63) is 0 Å². The van der Waals surface area contributed by atoms with Crippen molar-refractivity contribution in [1.82, 2.24) is 10.6 Å². The van der Waals surface area contributed by atoms with Gasteiger partial charge in [-0.25, -0.2) is 9.59 Å². The predicted octanol–water partition coefficient (Wildman–Crippen LogP) is -1.88. The van der Waals surface area contributed by atoms with E-state index in [0.717, 1.165) is 0 Å². The van der Waals surface area contributed by atoms with E-state index in [9.17, 15) is 24.0 Å². The first-order valence-corrected chi connectivity index (χ1v) is 7.13. The molecule has 0 aromatic heterocycles. The van der Waals surface area contributed by atoms with Gasteiger partial charge in [-0.2, -0.15) is 0 Å². The minimum atomic E-state index is -1.52. The Morgan fingerprint density at radius 3 is 1.83 bits per heavy atom. The molecular formula is C13H21N3O8. The lowest BCUT2D eigenvalue weighted by Gasteiger charge is -2.17. The number of amides is 2. The van der Waals surface area contributed by atoms with E-state index in [1.54, 1.807) is 0 Å². The van der Waals surface area contributed by atoms with Gasteiger partial charge in [-0.1, -0.05) is 0 Å². The Balaban J connectivity index is 4.63. The summed E-state index contributed by atoms with van der Waals surface area (Å²) in [6.45, 7) is 0.246. The van der Waals surface area contributed by atoms with Gasteiger partial charge in [0.2, 0.25) is 11.8 Å². The van der Waals surface area contributed by atoms with Crippen LogP contribution in [0.25, 0.3) is 0 Å². The molecule has 0 unspecified atom stereocenters. The van der Waals surface area contributed by atoms with Crippen molar-refractivity contribution in [3.8, 4) is 0 Å². The van der Waals surface area contributed by atoms with Crippen LogP contribution in [0.4, 0.5) is 0 Å². The molecule has 11 heteroatoms. The molecule has 0 aliphatic heterocycles. The van der Waals surface area contributed by atoms with E-state index in [4.69, 9.17) is 21.1 Å². The number of carboxylic acids is 3. The summed E-state index contributed by atoms with van der Waals surface area (Å²) < 4.78 is 0. The lowest BCUT2D eigenvalue weighted by molar-refractivity contribution is -0.145. The maximum Gasteiger partial charge on any atom is 0.326 e. The average molecular weight is 347 g/mol. The van der Waals surface area contributed by atoms with Crippen LogP contribution in [0.1, 0.15) is 32.1 Å². The van der Waals surface area contributed by atoms with E-state index in [1.807, 2.05) is 5.32 Å². The van der Waals surface area contributed by atoms with Crippen LogP contribution in [-0.2, 0) is 24.0 Å². The Labute approximate surface area is 137 Å². The second-order valence-electron chi connectivity index (χ2n) is 4.95. The fraction of sp³-hybridized carbons (Fsp3) is 0.615. The predicted molar refractivity (Wildman–Crippen MR) is 78.9 cm³/mol. The number of aliphatic carboxylic acids is 3. The van der Waals surface area contributed by atoms with Gasteiger partial charge in [-0.3, -0.25) is 14.4 Å². The first-order chi connectivity index (χ1) is 11.2. The number of hydrogen-bond donors (Lipinski definition) is 6. The van der Waals surface area contributed by atoms with Crippen molar-refractivity contribution in [2.24, 2.45) is 5.73 Å². The summed E-state index contributed by atoms with van der Waals surface area (Å²) >= 11 is 0. The molecule has 0 aromatic carbocycles. The molecule has 0 saturated heterocycles. The monoisotopic (exact) mass is 347 g/mol. The molecule has 0 aliphatic carbocycles. The van der Waals surface area contributed by atoms with Gasteiger partial charge in [0, 0.05) is 12.8 Å². The molecule has 0 saturated carbocycles. The van der Waals surface area contributed by atoms with Crippen molar-refractivity contribution in [1.29, 1.82) is 0 Å². The number of nitrogens with two attached hydrogens (primary N) is 1. The zero-order chi connectivity index (χ0) is 18.7. The number of carboxylic acid groups (broad SMARTS) is 3. The van der Waals surface area contributed by atoms with Crippen LogP contribution in [-0.4, -0.2) is 63.7 Å². The summed E-state index contributed by atoms with van der Waals surface area (Å²) in [4.78, 5) is 55.7. The molecule has 0 aliphatic rings. The highest BCUT2D eigenvalue weighted by Crippen LogP contribution is 2.01. The third-order valence-corrected chi connectivity index (χ3v) is 2.91. The second-order valence-corrected chi connectivity index (χ2v) is 4.95. The van der Waals surface area contributed by atoms with Gasteiger partial charge in [0.25, 0.3) is 0 Å². The zero-order valence-electron chi connectivity index (χ0n) is 12.9. The van der Waals surface area contributed by atoms with Crippen molar-refractivity contribution < 1.29 is 39.3 Å². The summed E-state index contributed by atoms with van der Waals surface area (Å²) in [6.07, 6.45) is -1.16. The summed E-state index contributed by atoms with van der Waals surface area (Å²) in [5, 5.41) is 30.6. The first kappa shape index (κ1) is 21.3. The van der Waals surface area contributed by atoms with Crippen LogP contribution >= 0.6 is 0 Å². The normalized spacial score (nSPS) is 12.7. The van der Waals surface area contributed by atoms with Gasteiger partial charge < -0.3 is 31.7 Å². The maximum absolute atomic E-state index is 11.8. The van der Waals surface area contributed by atoms with E-state index >= 15 is 0 Å². The number of hydrogen-bond acceptors (Lipinski definition) is 6. The largest absolute Gasteiger partial charge is 0.481 e. The quantitative estimate of drug-likeness (QED) is 0.234. The van der Waals surface area contributed by atoms with Crippen LogP contribution in [0.3, 0.4) is 0 Å². The van der Waals surface area contributed by atoms with Gasteiger partial charge >= 0.3 is 17.9 Å². The van der Waals surface area contributed by atoms with Crippen LogP contribution < -0.4 is 16.4 Å².